The van der Waals surface area contributed by atoms with Gasteiger partial charge in [-0.2, -0.15) is 0 Å². The van der Waals surface area contributed by atoms with Crippen LogP contribution in [0, 0.1) is 0 Å². The molecular formula is C24H30ClN3O2. The lowest BCUT2D eigenvalue weighted by Gasteiger charge is -2.28. The second-order valence-corrected chi connectivity index (χ2v) is 8.01. The van der Waals surface area contributed by atoms with Crippen molar-refractivity contribution in [2.45, 2.75) is 13.3 Å². The summed E-state index contributed by atoms with van der Waals surface area (Å²) in [5.74, 6) is 0. The van der Waals surface area contributed by atoms with E-state index in [4.69, 9.17) is 16.3 Å². The lowest BCUT2D eigenvalue weighted by molar-refractivity contribution is 0.0366. The maximum Gasteiger partial charge on any atom is 0.322 e. The second kappa shape index (κ2) is 11.7. The minimum absolute atomic E-state index is 0.111. The number of amides is 2. The number of rotatable bonds is 8. The summed E-state index contributed by atoms with van der Waals surface area (Å²) < 4.78 is 5.42. The lowest BCUT2D eigenvalue weighted by atomic mass is 10.1. The summed E-state index contributed by atoms with van der Waals surface area (Å²) in [7, 11) is 0. The van der Waals surface area contributed by atoms with Crippen molar-refractivity contribution >= 4 is 29.4 Å². The fraction of sp³-hybridized carbons (Fsp3) is 0.375. The molecule has 3 rings (SSSR count). The summed E-state index contributed by atoms with van der Waals surface area (Å²) >= 11 is 6.06. The number of benzene rings is 2. The third-order valence-electron chi connectivity index (χ3n) is 5.02. The Morgan fingerprint density at radius 3 is 2.67 bits per heavy atom. The van der Waals surface area contributed by atoms with Crippen molar-refractivity contribution in [3.63, 3.8) is 0 Å². The van der Waals surface area contributed by atoms with Crippen LogP contribution in [0.2, 0.25) is 5.02 Å². The number of carbonyl (C=O) groups excluding carboxylic acids is 1. The van der Waals surface area contributed by atoms with Gasteiger partial charge in [0.25, 0.3) is 0 Å². The zero-order chi connectivity index (χ0) is 21.2. The molecule has 1 N–H and O–H groups in total. The molecule has 30 heavy (non-hydrogen) atoms. The molecule has 160 valence electrons. The molecule has 0 atom stereocenters. The maximum absolute atomic E-state index is 13.0. The van der Waals surface area contributed by atoms with Crippen LogP contribution in [0.15, 0.2) is 60.2 Å². The van der Waals surface area contributed by atoms with Gasteiger partial charge in [-0.1, -0.05) is 59.6 Å². The summed E-state index contributed by atoms with van der Waals surface area (Å²) in [4.78, 5) is 17.3. The summed E-state index contributed by atoms with van der Waals surface area (Å²) in [5, 5.41) is 3.59. The van der Waals surface area contributed by atoms with Crippen molar-refractivity contribution in [1.82, 2.24) is 9.80 Å². The SMILES string of the molecule is C/C(=C\c1ccccc1)CN(CCCN1CCOCC1)C(=O)Nc1cccc(Cl)c1. The molecule has 1 aliphatic heterocycles. The molecule has 0 aliphatic carbocycles. The number of morpholine rings is 1. The minimum Gasteiger partial charge on any atom is -0.379 e. The molecular weight excluding hydrogens is 398 g/mol. The Morgan fingerprint density at radius 1 is 1.17 bits per heavy atom. The molecule has 5 nitrogen and oxygen atoms in total. The van der Waals surface area contributed by atoms with E-state index in [0.29, 0.717) is 23.8 Å². The highest BCUT2D eigenvalue weighted by Crippen LogP contribution is 2.16. The number of ether oxygens (including phenoxy) is 1. The summed E-state index contributed by atoms with van der Waals surface area (Å²) in [6, 6.07) is 17.3. The molecule has 1 fully saturated rings. The molecule has 1 aliphatic rings. The van der Waals surface area contributed by atoms with E-state index in [9.17, 15) is 4.79 Å². The maximum atomic E-state index is 13.0. The Balaban J connectivity index is 1.63. The molecule has 6 heteroatoms. The second-order valence-electron chi connectivity index (χ2n) is 7.57. The number of nitrogens with zero attached hydrogens (tertiary/aromatic N) is 2. The molecule has 1 heterocycles. The molecule has 2 aromatic carbocycles. The van der Waals surface area contributed by atoms with Gasteiger partial charge >= 0.3 is 6.03 Å². The van der Waals surface area contributed by atoms with Gasteiger partial charge in [-0.15, -0.1) is 0 Å². The van der Waals surface area contributed by atoms with E-state index in [1.807, 2.05) is 35.2 Å². The van der Waals surface area contributed by atoms with E-state index in [-0.39, 0.29) is 6.03 Å². The smallest absolute Gasteiger partial charge is 0.322 e. The largest absolute Gasteiger partial charge is 0.379 e. The normalized spacial score (nSPS) is 15.1. The molecule has 1 saturated heterocycles. The number of hydrogen-bond donors (Lipinski definition) is 1. The van der Waals surface area contributed by atoms with E-state index in [2.05, 4.69) is 35.3 Å². The first-order chi connectivity index (χ1) is 14.6. The van der Waals surface area contributed by atoms with Gasteiger partial charge in [0.05, 0.1) is 13.2 Å². The predicted molar refractivity (Wildman–Crippen MR) is 124 cm³/mol. The van der Waals surface area contributed by atoms with Crippen molar-refractivity contribution in [2.24, 2.45) is 0 Å². The van der Waals surface area contributed by atoms with Crippen molar-refractivity contribution in [3.8, 4) is 0 Å². The number of urea groups is 1. The molecule has 0 bridgehead atoms. The average molecular weight is 428 g/mol. The van der Waals surface area contributed by atoms with E-state index in [1.54, 1.807) is 12.1 Å². The van der Waals surface area contributed by atoms with E-state index in [1.165, 1.54) is 0 Å². The van der Waals surface area contributed by atoms with Gasteiger partial charge in [-0.25, -0.2) is 4.79 Å². The Bertz CT molecular complexity index is 835. The third kappa shape index (κ3) is 7.48. The standard InChI is InChI=1S/C24H30ClN3O2/c1-20(17-21-7-3-2-4-8-21)19-28(12-6-11-27-13-15-30-16-14-27)24(29)26-23-10-5-9-22(25)18-23/h2-5,7-10,17-18H,6,11-16,19H2,1H3,(H,26,29)/b20-17+. The zero-order valence-corrected chi connectivity index (χ0v) is 18.3. The number of anilines is 1. The van der Waals surface area contributed by atoms with Gasteiger partial charge in [0.1, 0.15) is 0 Å². The quantitative estimate of drug-likeness (QED) is 0.644. The van der Waals surface area contributed by atoms with Gasteiger partial charge in [-0.05, 0) is 37.1 Å². The highest BCUT2D eigenvalue weighted by Gasteiger charge is 2.16. The van der Waals surface area contributed by atoms with Crippen LogP contribution in [0.1, 0.15) is 18.9 Å². The van der Waals surface area contributed by atoms with Gasteiger partial charge in [0, 0.05) is 43.4 Å². The fourth-order valence-electron chi connectivity index (χ4n) is 3.51. The predicted octanol–water partition coefficient (Wildman–Crippen LogP) is 5.00. The van der Waals surface area contributed by atoms with E-state index in [0.717, 1.165) is 50.4 Å². The van der Waals surface area contributed by atoms with Gasteiger partial charge in [-0.3, -0.25) is 4.90 Å². The highest BCUT2D eigenvalue weighted by atomic mass is 35.5. The van der Waals surface area contributed by atoms with Crippen LogP contribution in [0.25, 0.3) is 6.08 Å². The number of nitrogens with one attached hydrogen (secondary N) is 1. The first-order valence-corrected chi connectivity index (χ1v) is 10.8. The first kappa shape index (κ1) is 22.3. The molecule has 0 spiro atoms. The molecule has 0 aromatic heterocycles. The lowest BCUT2D eigenvalue weighted by Crippen LogP contribution is -2.40. The minimum atomic E-state index is -0.111. The summed E-state index contributed by atoms with van der Waals surface area (Å²) in [6.07, 6.45) is 3.04. The molecule has 0 saturated carbocycles. The Labute approximate surface area is 184 Å². The van der Waals surface area contributed by atoms with Crippen molar-refractivity contribution in [2.75, 3.05) is 51.3 Å². The number of hydrogen-bond acceptors (Lipinski definition) is 3. The number of halogens is 1. The Kier molecular flexibility index (Phi) is 8.75. The molecule has 2 aromatic rings. The van der Waals surface area contributed by atoms with E-state index >= 15 is 0 Å². The monoisotopic (exact) mass is 427 g/mol. The van der Waals surface area contributed by atoms with Crippen LogP contribution in [-0.2, 0) is 4.74 Å². The van der Waals surface area contributed by atoms with Crippen LogP contribution in [-0.4, -0.2) is 61.8 Å². The van der Waals surface area contributed by atoms with Crippen molar-refractivity contribution in [3.05, 3.63) is 70.8 Å². The highest BCUT2D eigenvalue weighted by molar-refractivity contribution is 6.30. The first-order valence-electron chi connectivity index (χ1n) is 10.4. The van der Waals surface area contributed by atoms with Crippen molar-refractivity contribution in [1.29, 1.82) is 0 Å². The average Bonchev–Trinajstić information content (AvgIpc) is 2.74. The topological polar surface area (TPSA) is 44.8 Å². The van der Waals surface area contributed by atoms with Gasteiger partial charge < -0.3 is 15.0 Å². The Morgan fingerprint density at radius 2 is 1.93 bits per heavy atom. The third-order valence-corrected chi connectivity index (χ3v) is 5.26. The number of carbonyl (C=O) groups is 1. The van der Waals surface area contributed by atoms with Crippen LogP contribution < -0.4 is 5.32 Å². The van der Waals surface area contributed by atoms with E-state index < -0.39 is 0 Å². The van der Waals surface area contributed by atoms with Crippen LogP contribution >= 0.6 is 11.6 Å². The summed E-state index contributed by atoms with van der Waals surface area (Å²) in [5.41, 5.74) is 2.97. The Hall–Kier alpha value is -2.34. The molecule has 0 radical (unpaired) electrons. The zero-order valence-electron chi connectivity index (χ0n) is 17.5. The summed E-state index contributed by atoms with van der Waals surface area (Å²) in [6.45, 7) is 7.79. The molecule has 2 amide bonds. The van der Waals surface area contributed by atoms with Gasteiger partial charge in [0.2, 0.25) is 0 Å². The van der Waals surface area contributed by atoms with Crippen LogP contribution in [0.3, 0.4) is 0 Å². The van der Waals surface area contributed by atoms with Crippen molar-refractivity contribution < 1.29 is 9.53 Å². The fourth-order valence-corrected chi connectivity index (χ4v) is 3.70. The molecule has 0 unspecified atom stereocenters. The van der Waals surface area contributed by atoms with Gasteiger partial charge in [0.15, 0.2) is 0 Å². The van der Waals surface area contributed by atoms with Crippen LogP contribution in [0.4, 0.5) is 10.5 Å². The van der Waals surface area contributed by atoms with Crippen LogP contribution in [0.5, 0.6) is 0 Å².